The first-order valence-corrected chi connectivity index (χ1v) is 16.2. The van der Waals surface area contributed by atoms with Crippen molar-refractivity contribution < 1.29 is 22.0 Å². The average Bonchev–Trinajstić information content (AvgIpc) is 3.00. The normalized spacial score (nSPS) is 17.9. The Bertz CT molecular complexity index is 1880. The fourth-order valence-electron chi connectivity index (χ4n) is 6.09. The number of pyridine rings is 1. The molecule has 0 unspecified atom stereocenters. The van der Waals surface area contributed by atoms with E-state index < -0.39 is 38.5 Å². The first-order chi connectivity index (χ1) is 21.0. The van der Waals surface area contributed by atoms with Gasteiger partial charge in [-0.25, -0.2) is 22.2 Å². The van der Waals surface area contributed by atoms with E-state index in [0.29, 0.717) is 34.3 Å². The van der Waals surface area contributed by atoms with Gasteiger partial charge in [-0.05, 0) is 79.6 Å². The minimum absolute atomic E-state index is 0.0499. The van der Waals surface area contributed by atoms with Crippen LogP contribution >= 0.6 is 0 Å². The van der Waals surface area contributed by atoms with Gasteiger partial charge in [0, 0.05) is 25.5 Å². The van der Waals surface area contributed by atoms with E-state index in [9.17, 15) is 26.8 Å². The number of hydrogen-bond donors (Lipinski definition) is 0. The van der Waals surface area contributed by atoms with E-state index in [0.717, 1.165) is 28.8 Å². The molecule has 0 bridgehead atoms. The molecule has 4 aromatic rings. The smallest absolute Gasteiger partial charge is 0.260 e. The van der Waals surface area contributed by atoms with Gasteiger partial charge in [0.05, 0.1) is 34.4 Å². The monoisotopic (exact) mass is 621 g/mol. The number of halogens is 2. The predicted octanol–water partition coefficient (Wildman–Crippen LogP) is 4.96. The molecule has 0 spiro atoms. The van der Waals surface area contributed by atoms with E-state index in [1.165, 1.54) is 42.0 Å². The van der Waals surface area contributed by atoms with E-state index >= 15 is 0 Å². The first kappa shape index (κ1) is 30.0. The van der Waals surface area contributed by atoms with E-state index in [1.807, 2.05) is 18.3 Å². The highest BCUT2D eigenvalue weighted by Gasteiger charge is 2.45. The zero-order chi connectivity index (χ0) is 31.2. The van der Waals surface area contributed by atoms with Crippen molar-refractivity contribution in [2.45, 2.75) is 68.8 Å². The van der Waals surface area contributed by atoms with Crippen molar-refractivity contribution in [3.05, 3.63) is 93.8 Å². The summed E-state index contributed by atoms with van der Waals surface area (Å²) in [6.07, 6.45) is 9.38. The molecule has 1 saturated carbocycles. The fraction of sp³-hybridized carbons (Fsp3) is 0.375. The minimum atomic E-state index is -4.30. The Morgan fingerprint density at radius 1 is 1.02 bits per heavy atom. The molecule has 1 atom stereocenters. The van der Waals surface area contributed by atoms with Crippen molar-refractivity contribution in [3.8, 4) is 0 Å². The summed E-state index contributed by atoms with van der Waals surface area (Å²) >= 11 is 0. The molecule has 2 fully saturated rings. The molecule has 2 aromatic heterocycles. The third kappa shape index (κ3) is 5.52. The van der Waals surface area contributed by atoms with Gasteiger partial charge in [-0.3, -0.25) is 14.6 Å². The van der Waals surface area contributed by atoms with Gasteiger partial charge >= 0.3 is 0 Å². The molecule has 44 heavy (non-hydrogen) atoms. The number of carbonyl (C=O) groups is 1. The number of sulfonamides is 1. The van der Waals surface area contributed by atoms with Crippen LogP contribution in [-0.4, -0.2) is 45.8 Å². The molecule has 1 aliphatic heterocycles. The highest BCUT2D eigenvalue weighted by atomic mass is 32.2. The highest BCUT2D eigenvalue weighted by Crippen LogP contribution is 2.34. The Morgan fingerprint density at radius 3 is 2.45 bits per heavy atom. The summed E-state index contributed by atoms with van der Waals surface area (Å²) in [5.74, 6) is -2.43. The van der Waals surface area contributed by atoms with Crippen molar-refractivity contribution >= 4 is 32.5 Å². The summed E-state index contributed by atoms with van der Waals surface area (Å²) in [5, 5.41) is 0.377. The number of hydrogen-bond acceptors (Lipinski definition) is 6. The molecule has 12 heteroatoms. The number of carbonyl (C=O) groups excluding carboxylic acids is 1. The van der Waals surface area contributed by atoms with Crippen LogP contribution < -0.4 is 10.5 Å². The minimum Gasteiger partial charge on any atom is -0.305 e. The van der Waals surface area contributed by atoms with E-state index in [4.69, 9.17) is 0 Å². The van der Waals surface area contributed by atoms with Gasteiger partial charge in [-0.2, -0.15) is 4.31 Å². The Labute approximate surface area is 254 Å². The molecule has 2 aliphatic rings. The molecule has 1 amide bonds. The Balaban J connectivity index is 1.34. The number of aromatic nitrogens is 3. The molecule has 9 nitrogen and oxygen atoms in total. The lowest BCUT2D eigenvalue weighted by Crippen LogP contribution is -2.59. The van der Waals surface area contributed by atoms with Crippen LogP contribution in [0.1, 0.15) is 61.3 Å². The van der Waals surface area contributed by atoms with Crippen molar-refractivity contribution in [1.82, 2.24) is 18.8 Å². The highest BCUT2D eigenvalue weighted by molar-refractivity contribution is 7.89. The summed E-state index contributed by atoms with van der Waals surface area (Å²) in [6, 6.07) is 9.43. The third-order valence-electron chi connectivity index (χ3n) is 8.77. The predicted molar refractivity (Wildman–Crippen MR) is 162 cm³/mol. The number of amides is 1. The lowest BCUT2D eigenvalue weighted by atomic mass is 9.85. The lowest BCUT2D eigenvalue weighted by Gasteiger charge is -2.41. The van der Waals surface area contributed by atoms with Crippen LogP contribution in [0.5, 0.6) is 0 Å². The maximum atomic E-state index is 14.2. The van der Waals surface area contributed by atoms with Crippen LogP contribution in [0.2, 0.25) is 0 Å². The van der Waals surface area contributed by atoms with Crippen molar-refractivity contribution in [2.75, 3.05) is 11.4 Å². The van der Waals surface area contributed by atoms with Crippen molar-refractivity contribution in [1.29, 1.82) is 0 Å². The van der Waals surface area contributed by atoms with E-state index in [2.05, 4.69) is 9.97 Å². The van der Waals surface area contributed by atoms with Crippen LogP contribution in [0.4, 0.5) is 14.5 Å². The summed E-state index contributed by atoms with van der Waals surface area (Å²) in [4.78, 5) is 36.8. The summed E-state index contributed by atoms with van der Waals surface area (Å²) in [7, 11) is -2.70. The second-order valence-corrected chi connectivity index (χ2v) is 13.6. The first-order valence-electron chi connectivity index (χ1n) is 14.7. The van der Waals surface area contributed by atoms with Gasteiger partial charge in [-0.1, -0.05) is 25.3 Å². The molecular weight excluding hydrogens is 588 g/mol. The Hall–Kier alpha value is -4.03. The van der Waals surface area contributed by atoms with Crippen LogP contribution in [0.15, 0.2) is 64.7 Å². The van der Waals surface area contributed by atoms with E-state index in [1.54, 1.807) is 25.2 Å². The summed E-state index contributed by atoms with van der Waals surface area (Å²) in [6.45, 7) is 1.38. The molecule has 3 heterocycles. The Morgan fingerprint density at radius 2 is 1.80 bits per heavy atom. The van der Waals surface area contributed by atoms with Gasteiger partial charge in [0.25, 0.3) is 5.56 Å². The third-order valence-corrected chi connectivity index (χ3v) is 10.7. The average molecular weight is 622 g/mol. The molecule has 1 saturated heterocycles. The van der Waals surface area contributed by atoms with Gasteiger partial charge in [0.15, 0.2) is 11.6 Å². The second kappa shape index (κ2) is 11.8. The molecule has 0 N–H and O–H groups in total. The molecule has 6 rings (SSSR count). The van der Waals surface area contributed by atoms with Gasteiger partial charge in [-0.15, -0.1) is 0 Å². The number of aryl methyl sites for hydroxylation is 2. The van der Waals surface area contributed by atoms with Crippen LogP contribution in [0.25, 0.3) is 10.9 Å². The number of benzene rings is 2. The maximum Gasteiger partial charge on any atom is 0.260 e. The molecule has 0 radical (unpaired) electrons. The topological polar surface area (TPSA) is 105 Å². The molecule has 2 aromatic carbocycles. The standard InChI is InChI=1S/C32H33F2N5O4S/c1-20-14-25(16-27(33)30(20)34)44(42,43)39-13-12-29(39)32(41)38(24-10-11-26-28(15-24)36-19-37(2)31(26)40)18-23-9-8-22(17-35-23)21-6-4-3-5-7-21/h8-11,14-17,19,21,29H,3-7,12-13,18H2,1-2H3/t29-/m1/s1. The number of rotatable bonds is 7. The maximum absolute atomic E-state index is 14.2. The molecular formula is C32H33F2N5O4S. The quantitative estimate of drug-likeness (QED) is 0.289. The van der Waals surface area contributed by atoms with Gasteiger partial charge in [0.1, 0.15) is 6.04 Å². The zero-order valence-corrected chi connectivity index (χ0v) is 25.4. The number of anilines is 1. The van der Waals surface area contributed by atoms with Gasteiger partial charge in [0.2, 0.25) is 15.9 Å². The van der Waals surface area contributed by atoms with Gasteiger partial charge < -0.3 is 9.47 Å². The fourth-order valence-corrected chi connectivity index (χ4v) is 7.81. The summed E-state index contributed by atoms with van der Waals surface area (Å²) < 4.78 is 57.5. The van der Waals surface area contributed by atoms with Crippen LogP contribution in [0, 0.1) is 18.6 Å². The lowest BCUT2D eigenvalue weighted by molar-refractivity contribution is -0.125. The Kier molecular flexibility index (Phi) is 8.06. The molecule has 230 valence electrons. The van der Waals surface area contributed by atoms with Crippen LogP contribution in [-0.2, 0) is 28.4 Å². The van der Waals surface area contributed by atoms with Crippen LogP contribution in [0.3, 0.4) is 0 Å². The largest absolute Gasteiger partial charge is 0.305 e. The SMILES string of the molecule is Cc1cc(S(=O)(=O)N2CC[C@@H]2C(=O)N(Cc2ccc(C3CCCCC3)cn2)c2ccc3c(=O)n(C)cnc3c2)cc(F)c1F. The van der Waals surface area contributed by atoms with Crippen molar-refractivity contribution in [2.24, 2.45) is 7.05 Å². The number of fused-ring (bicyclic) bond motifs is 1. The zero-order valence-electron chi connectivity index (χ0n) is 24.5. The molecule has 1 aliphatic carbocycles. The summed E-state index contributed by atoms with van der Waals surface area (Å²) in [5.41, 5.74) is 2.20. The van der Waals surface area contributed by atoms with E-state index in [-0.39, 0.29) is 30.6 Å². The number of nitrogens with zero attached hydrogens (tertiary/aromatic N) is 5. The second-order valence-electron chi connectivity index (χ2n) is 11.7. The van der Waals surface area contributed by atoms with Crippen molar-refractivity contribution in [3.63, 3.8) is 0 Å².